The number of nitrogens with one attached hydrogen (secondary N) is 1. The lowest BCUT2D eigenvalue weighted by Crippen LogP contribution is -2.60. The molecule has 0 spiro atoms. The first-order chi connectivity index (χ1) is 8.04. The zero-order valence-electron chi connectivity index (χ0n) is 12.1. The van der Waals surface area contributed by atoms with Crippen molar-refractivity contribution in [2.75, 3.05) is 19.6 Å². The Morgan fingerprint density at radius 3 is 2.53 bits per heavy atom. The van der Waals surface area contributed by atoms with E-state index in [9.17, 15) is 0 Å². The largest absolute Gasteiger partial charge is 0.311 e. The molecule has 2 heteroatoms. The van der Waals surface area contributed by atoms with E-state index in [2.05, 4.69) is 37.9 Å². The van der Waals surface area contributed by atoms with Crippen LogP contribution < -0.4 is 5.32 Å². The number of hydrogen-bond donors (Lipinski definition) is 1. The van der Waals surface area contributed by atoms with E-state index in [1.54, 1.807) is 0 Å². The van der Waals surface area contributed by atoms with Gasteiger partial charge in [0.25, 0.3) is 0 Å². The van der Waals surface area contributed by atoms with Crippen LogP contribution in [0.25, 0.3) is 0 Å². The Bertz CT molecular complexity index is 245. The summed E-state index contributed by atoms with van der Waals surface area (Å²) in [5.74, 6) is 0.754. The molecule has 100 valence electrons. The first-order valence-corrected chi connectivity index (χ1v) is 7.51. The molecule has 0 aromatic rings. The number of hydrogen-bond acceptors (Lipinski definition) is 2. The Kier molecular flexibility index (Phi) is 4.14. The molecule has 1 N–H and O–H groups in total. The van der Waals surface area contributed by atoms with Crippen molar-refractivity contribution in [3.63, 3.8) is 0 Å². The fraction of sp³-hybridized carbons (Fsp3) is 1.00. The second kappa shape index (κ2) is 5.27. The minimum absolute atomic E-state index is 0.631. The van der Waals surface area contributed by atoms with E-state index >= 15 is 0 Å². The lowest BCUT2D eigenvalue weighted by Gasteiger charge is -2.48. The zero-order chi connectivity index (χ0) is 12.5. The van der Waals surface area contributed by atoms with Gasteiger partial charge in [-0.25, -0.2) is 0 Å². The number of rotatable bonds is 4. The maximum Gasteiger partial charge on any atom is 0.0219 e. The van der Waals surface area contributed by atoms with E-state index in [4.69, 9.17) is 0 Å². The average Bonchev–Trinajstić information content (AvgIpc) is 2.26. The third-order valence-electron chi connectivity index (χ3n) is 4.98. The maximum absolute atomic E-state index is 3.73. The Labute approximate surface area is 107 Å². The van der Waals surface area contributed by atoms with Crippen LogP contribution >= 0.6 is 0 Å². The standard InChI is InChI=1S/C15H30N2/c1-5-13-9-16-14(12(2)3)10-17(13)11-15(4)7-6-8-15/h12-14,16H,5-11H2,1-4H3. The van der Waals surface area contributed by atoms with Crippen molar-refractivity contribution in [3.8, 4) is 0 Å². The van der Waals surface area contributed by atoms with E-state index in [0.29, 0.717) is 11.5 Å². The molecular formula is C15H30N2. The quantitative estimate of drug-likeness (QED) is 0.810. The molecule has 1 heterocycles. The third-order valence-corrected chi connectivity index (χ3v) is 4.98. The van der Waals surface area contributed by atoms with Gasteiger partial charge in [0, 0.05) is 31.7 Å². The molecule has 0 aromatic carbocycles. The summed E-state index contributed by atoms with van der Waals surface area (Å²) in [7, 11) is 0. The Morgan fingerprint density at radius 1 is 1.35 bits per heavy atom. The minimum Gasteiger partial charge on any atom is -0.311 e. The van der Waals surface area contributed by atoms with Gasteiger partial charge < -0.3 is 5.32 Å². The van der Waals surface area contributed by atoms with Crippen molar-refractivity contribution >= 4 is 0 Å². The molecular weight excluding hydrogens is 208 g/mol. The molecule has 17 heavy (non-hydrogen) atoms. The average molecular weight is 238 g/mol. The van der Waals surface area contributed by atoms with Crippen LogP contribution in [0.4, 0.5) is 0 Å². The first kappa shape index (κ1) is 13.4. The zero-order valence-corrected chi connectivity index (χ0v) is 12.1. The van der Waals surface area contributed by atoms with E-state index in [1.807, 2.05) is 0 Å². The number of nitrogens with zero attached hydrogens (tertiary/aromatic N) is 1. The fourth-order valence-electron chi connectivity index (χ4n) is 3.35. The van der Waals surface area contributed by atoms with Gasteiger partial charge in [0.1, 0.15) is 0 Å². The van der Waals surface area contributed by atoms with Crippen LogP contribution in [-0.2, 0) is 0 Å². The Morgan fingerprint density at radius 2 is 2.06 bits per heavy atom. The van der Waals surface area contributed by atoms with Gasteiger partial charge in [0.05, 0.1) is 0 Å². The maximum atomic E-state index is 3.73. The van der Waals surface area contributed by atoms with Crippen LogP contribution in [0.3, 0.4) is 0 Å². The Balaban J connectivity index is 1.94. The molecule has 1 aliphatic heterocycles. The van der Waals surface area contributed by atoms with Crippen LogP contribution in [-0.4, -0.2) is 36.6 Å². The van der Waals surface area contributed by atoms with E-state index in [-0.39, 0.29) is 0 Å². The highest BCUT2D eigenvalue weighted by Crippen LogP contribution is 2.41. The Hall–Kier alpha value is -0.0800. The molecule has 2 rings (SSSR count). The summed E-state index contributed by atoms with van der Waals surface area (Å²) in [6.45, 7) is 13.3. The summed E-state index contributed by atoms with van der Waals surface area (Å²) in [5, 5.41) is 3.73. The highest BCUT2D eigenvalue weighted by molar-refractivity contribution is 4.93. The molecule has 0 amide bonds. The van der Waals surface area contributed by atoms with Crippen molar-refractivity contribution in [1.29, 1.82) is 0 Å². The van der Waals surface area contributed by atoms with Gasteiger partial charge in [0.2, 0.25) is 0 Å². The summed E-state index contributed by atoms with van der Waals surface area (Å²) in [6.07, 6.45) is 5.63. The van der Waals surface area contributed by atoms with E-state index < -0.39 is 0 Å². The lowest BCUT2D eigenvalue weighted by atomic mass is 9.70. The topological polar surface area (TPSA) is 15.3 Å². The van der Waals surface area contributed by atoms with Crippen molar-refractivity contribution < 1.29 is 0 Å². The predicted octanol–water partition coefficient (Wildman–Crippen LogP) is 2.89. The van der Waals surface area contributed by atoms with Gasteiger partial charge in [-0.2, -0.15) is 0 Å². The van der Waals surface area contributed by atoms with Crippen molar-refractivity contribution in [2.45, 2.75) is 65.5 Å². The molecule has 2 nitrogen and oxygen atoms in total. The van der Waals surface area contributed by atoms with E-state index in [0.717, 1.165) is 12.0 Å². The van der Waals surface area contributed by atoms with Crippen LogP contribution in [0, 0.1) is 11.3 Å². The summed E-state index contributed by atoms with van der Waals surface area (Å²) < 4.78 is 0. The normalized spacial score (nSPS) is 33.7. The van der Waals surface area contributed by atoms with Crippen molar-refractivity contribution in [3.05, 3.63) is 0 Å². The molecule has 2 fully saturated rings. The van der Waals surface area contributed by atoms with Crippen LogP contribution in [0.2, 0.25) is 0 Å². The van der Waals surface area contributed by atoms with Crippen LogP contribution in [0.5, 0.6) is 0 Å². The second-order valence-corrected chi connectivity index (χ2v) is 6.91. The second-order valence-electron chi connectivity index (χ2n) is 6.91. The monoisotopic (exact) mass is 238 g/mol. The minimum atomic E-state index is 0.631. The lowest BCUT2D eigenvalue weighted by molar-refractivity contribution is 0.0286. The molecule has 2 aliphatic rings. The fourth-order valence-corrected chi connectivity index (χ4v) is 3.35. The summed E-state index contributed by atoms with van der Waals surface area (Å²) in [6, 6.07) is 1.46. The predicted molar refractivity (Wildman–Crippen MR) is 74.2 cm³/mol. The third kappa shape index (κ3) is 3.03. The summed E-state index contributed by atoms with van der Waals surface area (Å²) >= 11 is 0. The molecule has 2 unspecified atom stereocenters. The summed E-state index contributed by atoms with van der Waals surface area (Å²) in [5.41, 5.74) is 0.631. The van der Waals surface area contributed by atoms with Crippen molar-refractivity contribution in [1.82, 2.24) is 10.2 Å². The van der Waals surface area contributed by atoms with Gasteiger partial charge >= 0.3 is 0 Å². The molecule has 0 bridgehead atoms. The molecule has 1 saturated heterocycles. The van der Waals surface area contributed by atoms with Gasteiger partial charge in [-0.1, -0.05) is 34.1 Å². The highest BCUT2D eigenvalue weighted by Gasteiger charge is 2.37. The van der Waals surface area contributed by atoms with Gasteiger partial charge in [-0.05, 0) is 30.6 Å². The molecule has 2 atom stereocenters. The molecule has 1 aliphatic carbocycles. The van der Waals surface area contributed by atoms with Gasteiger partial charge in [-0.15, -0.1) is 0 Å². The van der Waals surface area contributed by atoms with Crippen molar-refractivity contribution in [2.24, 2.45) is 11.3 Å². The number of piperazine rings is 1. The molecule has 0 radical (unpaired) electrons. The molecule has 0 aromatic heterocycles. The smallest absolute Gasteiger partial charge is 0.0219 e. The van der Waals surface area contributed by atoms with Crippen LogP contribution in [0.1, 0.15) is 53.4 Å². The summed E-state index contributed by atoms with van der Waals surface area (Å²) in [4.78, 5) is 2.78. The SMILES string of the molecule is CCC1CNC(C(C)C)CN1CC1(C)CCC1. The molecule has 1 saturated carbocycles. The van der Waals surface area contributed by atoms with Gasteiger partial charge in [-0.3, -0.25) is 4.90 Å². The van der Waals surface area contributed by atoms with Crippen LogP contribution in [0.15, 0.2) is 0 Å². The van der Waals surface area contributed by atoms with E-state index in [1.165, 1.54) is 45.3 Å². The highest BCUT2D eigenvalue weighted by atomic mass is 15.2. The first-order valence-electron chi connectivity index (χ1n) is 7.51. The van der Waals surface area contributed by atoms with Gasteiger partial charge in [0.15, 0.2) is 0 Å².